The number of thioether (sulfide) groups is 1. The molecule has 7 heteroatoms. The van der Waals surface area contributed by atoms with Gasteiger partial charge in [0.1, 0.15) is 11.3 Å². The van der Waals surface area contributed by atoms with Crippen LogP contribution in [0, 0.1) is 11.3 Å². The Hall–Kier alpha value is -3.11. The predicted octanol–water partition coefficient (Wildman–Crippen LogP) is 4.10. The van der Waals surface area contributed by atoms with Gasteiger partial charge in [-0.25, -0.2) is 4.99 Å². The third kappa shape index (κ3) is 4.66. The lowest BCUT2D eigenvalue weighted by Crippen LogP contribution is -2.33. The molecule has 148 valence electrons. The summed E-state index contributed by atoms with van der Waals surface area (Å²) in [6, 6.07) is 16.7. The van der Waals surface area contributed by atoms with Gasteiger partial charge in [-0.3, -0.25) is 14.5 Å². The largest absolute Gasteiger partial charge is 0.325 e. The highest BCUT2D eigenvalue weighted by atomic mass is 32.2. The molecule has 1 atom stereocenters. The predicted molar refractivity (Wildman–Crippen MR) is 116 cm³/mol. The number of carbonyl (C=O) groups is 2. The minimum absolute atomic E-state index is 0.0220. The van der Waals surface area contributed by atoms with Gasteiger partial charge in [-0.15, -0.1) is 0 Å². The quantitative estimate of drug-likeness (QED) is 0.782. The van der Waals surface area contributed by atoms with E-state index in [4.69, 9.17) is 10.3 Å². The average Bonchev–Trinajstić information content (AvgIpc) is 3.02. The molecule has 2 amide bonds. The Bertz CT molecular complexity index is 996. The molecule has 1 N–H and O–H groups in total. The Kier molecular flexibility index (Phi) is 6.68. The summed E-state index contributed by atoms with van der Waals surface area (Å²) in [5.41, 5.74) is 2.80. The average molecular weight is 407 g/mol. The number of aliphatic imine (C=N–C) groups is 1. The molecule has 0 aromatic heterocycles. The number of nitrogens with zero attached hydrogens (tertiary/aromatic N) is 3. The van der Waals surface area contributed by atoms with Gasteiger partial charge in [0, 0.05) is 13.0 Å². The second-order valence-electron chi connectivity index (χ2n) is 6.48. The van der Waals surface area contributed by atoms with E-state index in [2.05, 4.69) is 18.3 Å². The lowest BCUT2D eigenvalue weighted by molar-refractivity contribution is -0.128. The van der Waals surface area contributed by atoms with Crippen molar-refractivity contribution in [2.45, 2.75) is 31.9 Å². The Morgan fingerprint density at radius 1 is 1.21 bits per heavy atom. The van der Waals surface area contributed by atoms with E-state index in [9.17, 15) is 9.59 Å². The zero-order chi connectivity index (χ0) is 20.8. The number of amides is 2. The Labute approximate surface area is 174 Å². The molecule has 6 nitrogen and oxygen atoms in total. The maximum Gasteiger partial charge on any atom is 0.242 e. The van der Waals surface area contributed by atoms with Crippen molar-refractivity contribution in [1.29, 1.82) is 5.26 Å². The molecule has 0 radical (unpaired) electrons. The fraction of sp³-hybridized carbons (Fsp3) is 0.273. The van der Waals surface area contributed by atoms with Gasteiger partial charge in [0.2, 0.25) is 11.8 Å². The van der Waals surface area contributed by atoms with Crippen molar-refractivity contribution >= 4 is 40.1 Å². The second kappa shape index (κ2) is 9.39. The maximum atomic E-state index is 12.8. The van der Waals surface area contributed by atoms with Gasteiger partial charge in [-0.1, -0.05) is 49.0 Å². The minimum atomic E-state index is -0.531. The number of para-hydroxylation sites is 2. The molecule has 1 unspecified atom stereocenters. The van der Waals surface area contributed by atoms with Crippen LogP contribution in [0.25, 0.3) is 0 Å². The number of rotatable bonds is 6. The molecule has 1 aliphatic heterocycles. The van der Waals surface area contributed by atoms with Crippen LogP contribution in [-0.4, -0.2) is 33.7 Å². The molecule has 0 spiro atoms. The molecular weight excluding hydrogens is 384 g/mol. The van der Waals surface area contributed by atoms with E-state index in [1.165, 1.54) is 11.8 Å². The van der Waals surface area contributed by atoms with Gasteiger partial charge in [0.05, 0.1) is 16.9 Å². The molecule has 2 aromatic carbocycles. The van der Waals surface area contributed by atoms with E-state index >= 15 is 0 Å². The summed E-state index contributed by atoms with van der Waals surface area (Å²) >= 11 is 1.31. The Balaban J connectivity index is 1.76. The van der Waals surface area contributed by atoms with Crippen molar-refractivity contribution in [3.8, 4) is 6.07 Å². The first-order valence-electron chi connectivity index (χ1n) is 9.51. The van der Waals surface area contributed by atoms with Crippen LogP contribution in [0.1, 0.15) is 31.4 Å². The number of aryl methyl sites for hydroxylation is 1. The standard InChI is InChI=1S/C22H22N4O2S/c1-3-15-9-5-7-11-17(15)25-22-26(4-2)21(28)19(29-22)13-20(27)24-18-12-8-6-10-16(18)14-23/h5-12,19H,3-4,13H2,1-2H3,(H,24,27). The number of amidine groups is 1. The molecule has 1 saturated heterocycles. The Morgan fingerprint density at radius 2 is 1.93 bits per heavy atom. The molecular formula is C22H22N4O2S. The number of anilines is 1. The van der Waals surface area contributed by atoms with Crippen molar-refractivity contribution in [3.05, 3.63) is 59.7 Å². The molecule has 0 saturated carbocycles. The van der Waals surface area contributed by atoms with Crippen LogP contribution in [0.4, 0.5) is 11.4 Å². The zero-order valence-electron chi connectivity index (χ0n) is 16.4. The lowest BCUT2D eigenvalue weighted by Gasteiger charge is -2.14. The van der Waals surface area contributed by atoms with Gasteiger partial charge >= 0.3 is 0 Å². The molecule has 1 aliphatic rings. The fourth-order valence-corrected chi connectivity index (χ4v) is 4.31. The fourth-order valence-electron chi connectivity index (χ4n) is 3.10. The summed E-state index contributed by atoms with van der Waals surface area (Å²) in [5, 5.41) is 12.0. The molecule has 3 rings (SSSR count). The van der Waals surface area contributed by atoms with Crippen LogP contribution in [0.3, 0.4) is 0 Å². The van der Waals surface area contributed by atoms with E-state index in [0.717, 1.165) is 17.7 Å². The van der Waals surface area contributed by atoms with Crippen molar-refractivity contribution < 1.29 is 9.59 Å². The molecule has 1 heterocycles. The van der Waals surface area contributed by atoms with Gasteiger partial charge in [0.15, 0.2) is 5.17 Å². The van der Waals surface area contributed by atoms with Crippen LogP contribution in [0.5, 0.6) is 0 Å². The lowest BCUT2D eigenvalue weighted by atomic mass is 10.1. The first-order valence-corrected chi connectivity index (χ1v) is 10.4. The number of nitrogens with one attached hydrogen (secondary N) is 1. The third-order valence-corrected chi connectivity index (χ3v) is 5.79. The minimum Gasteiger partial charge on any atom is -0.325 e. The number of benzene rings is 2. The van der Waals surface area contributed by atoms with Gasteiger partial charge in [0.25, 0.3) is 0 Å². The van der Waals surface area contributed by atoms with Crippen molar-refractivity contribution in [3.63, 3.8) is 0 Å². The smallest absolute Gasteiger partial charge is 0.242 e. The summed E-state index contributed by atoms with van der Waals surface area (Å²) in [7, 11) is 0. The van der Waals surface area contributed by atoms with Crippen LogP contribution < -0.4 is 5.32 Å². The first-order chi connectivity index (χ1) is 14.1. The van der Waals surface area contributed by atoms with Crippen molar-refractivity contribution in [2.75, 3.05) is 11.9 Å². The molecule has 0 bridgehead atoms. The topological polar surface area (TPSA) is 85.6 Å². The van der Waals surface area contributed by atoms with Crippen LogP contribution in [0.15, 0.2) is 53.5 Å². The third-order valence-electron chi connectivity index (χ3n) is 4.62. The second-order valence-corrected chi connectivity index (χ2v) is 7.65. The summed E-state index contributed by atoms with van der Waals surface area (Å²) in [6.07, 6.45) is 0.871. The number of nitriles is 1. The summed E-state index contributed by atoms with van der Waals surface area (Å²) < 4.78 is 0. The normalized spacial score (nSPS) is 17.4. The number of carbonyl (C=O) groups excluding carboxylic acids is 2. The first kappa shape index (κ1) is 20.6. The van der Waals surface area contributed by atoms with E-state index < -0.39 is 5.25 Å². The highest BCUT2D eigenvalue weighted by Gasteiger charge is 2.38. The van der Waals surface area contributed by atoms with E-state index in [-0.39, 0.29) is 18.2 Å². The number of hydrogen-bond acceptors (Lipinski definition) is 5. The van der Waals surface area contributed by atoms with Crippen LogP contribution in [-0.2, 0) is 16.0 Å². The van der Waals surface area contributed by atoms with Crippen molar-refractivity contribution in [2.24, 2.45) is 4.99 Å². The molecule has 0 aliphatic carbocycles. The van der Waals surface area contributed by atoms with Gasteiger partial charge in [-0.05, 0) is 37.1 Å². The highest BCUT2D eigenvalue weighted by molar-refractivity contribution is 8.15. The summed E-state index contributed by atoms with van der Waals surface area (Å²) in [4.78, 5) is 31.6. The Morgan fingerprint density at radius 3 is 2.66 bits per heavy atom. The maximum absolute atomic E-state index is 12.8. The molecule has 2 aromatic rings. The van der Waals surface area contributed by atoms with Gasteiger partial charge in [-0.2, -0.15) is 5.26 Å². The highest BCUT2D eigenvalue weighted by Crippen LogP contribution is 2.32. The van der Waals surface area contributed by atoms with Crippen LogP contribution in [0.2, 0.25) is 0 Å². The monoisotopic (exact) mass is 406 g/mol. The molecule has 29 heavy (non-hydrogen) atoms. The van der Waals surface area contributed by atoms with Crippen LogP contribution >= 0.6 is 11.8 Å². The number of hydrogen-bond donors (Lipinski definition) is 1. The van der Waals surface area contributed by atoms with E-state index in [0.29, 0.717) is 23.0 Å². The summed E-state index contributed by atoms with van der Waals surface area (Å²) in [6.45, 7) is 4.45. The van der Waals surface area contributed by atoms with Crippen molar-refractivity contribution in [1.82, 2.24) is 4.90 Å². The van der Waals surface area contributed by atoms with E-state index in [1.807, 2.05) is 31.2 Å². The van der Waals surface area contributed by atoms with Gasteiger partial charge < -0.3 is 5.32 Å². The SMILES string of the molecule is CCc1ccccc1N=C1SC(CC(=O)Nc2ccccc2C#N)C(=O)N1CC. The zero-order valence-corrected chi connectivity index (χ0v) is 17.2. The summed E-state index contributed by atoms with van der Waals surface area (Å²) in [5.74, 6) is -0.418. The van der Waals surface area contributed by atoms with E-state index in [1.54, 1.807) is 29.2 Å². The molecule has 1 fully saturated rings.